The molecule has 1 fully saturated rings. The van der Waals surface area contributed by atoms with Gasteiger partial charge < -0.3 is 14.7 Å². The van der Waals surface area contributed by atoms with Crippen LogP contribution in [0.5, 0.6) is 0 Å². The van der Waals surface area contributed by atoms with E-state index in [4.69, 9.17) is 4.74 Å². The molecule has 2 rings (SSSR count). The lowest BCUT2D eigenvalue weighted by atomic mass is 9.85. The van der Waals surface area contributed by atoms with Gasteiger partial charge >= 0.3 is 0 Å². The molecule has 0 spiro atoms. The van der Waals surface area contributed by atoms with Gasteiger partial charge in [-0.3, -0.25) is 4.79 Å². The fourth-order valence-corrected chi connectivity index (χ4v) is 2.24. The predicted molar refractivity (Wildman–Crippen MR) is 58.1 cm³/mol. The average molecular weight is 227 g/mol. The molecular formula is C10H13NO3S. The van der Waals surface area contributed by atoms with E-state index < -0.39 is 5.41 Å². The van der Waals surface area contributed by atoms with Crippen LogP contribution in [-0.2, 0) is 9.53 Å². The lowest BCUT2D eigenvalue weighted by molar-refractivity contribution is -0.166. The molecule has 1 N–H and O–H groups in total. The summed E-state index contributed by atoms with van der Waals surface area (Å²) in [6.45, 7) is 0.484. The minimum absolute atomic E-state index is 0.0706. The van der Waals surface area contributed by atoms with Crippen LogP contribution in [0.15, 0.2) is 17.5 Å². The highest BCUT2D eigenvalue weighted by atomic mass is 32.1. The molecule has 1 aliphatic rings. The molecule has 4 nitrogen and oxygen atoms in total. The fraction of sp³-hybridized carbons (Fsp3) is 0.500. The summed E-state index contributed by atoms with van der Waals surface area (Å²) >= 11 is 1.50. The summed E-state index contributed by atoms with van der Waals surface area (Å²) in [6, 6.07) is 3.78. The van der Waals surface area contributed by atoms with E-state index in [0.29, 0.717) is 13.2 Å². The van der Waals surface area contributed by atoms with Gasteiger partial charge in [0, 0.05) is 7.05 Å². The number of amides is 1. The second-order valence-electron chi connectivity index (χ2n) is 3.75. The molecule has 1 amide bonds. The molecule has 2 heterocycles. The minimum atomic E-state index is -0.710. The van der Waals surface area contributed by atoms with Crippen molar-refractivity contribution >= 4 is 22.2 Å². The molecule has 0 bridgehead atoms. The maximum atomic E-state index is 12.1. The molecular weight excluding hydrogens is 214 g/mol. The van der Waals surface area contributed by atoms with Crippen molar-refractivity contribution in [3.8, 4) is 0 Å². The number of carbonyl (C=O) groups excluding carboxylic acids is 1. The second kappa shape index (κ2) is 3.92. The molecule has 0 saturated carbocycles. The number of thiophene rings is 1. The van der Waals surface area contributed by atoms with Gasteiger partial charge in [0.05, 0.1) is 24.8 Å². The van der Waals surface area contributed by atoms with Crippen LogP contribution in [0.3, 0.4) is 0 Å². The molecule has 15 heavy (non-hydrogen) atoms. The van der Waals surface area contributed by atoms with E-state index in [1.54, 1.807) is 11.9 Å². The smallest absolute Gasteiger partial charge is 0.240 e. The molecule has 0 aromatic carbocycles. The molecule has 0 unspecified atom stereocenters. The van der Waals surface area contributed by atoms with E-state index in [1.165, 1.54) is 11.3 Å². The first-order valence-corrected chi connectivity index (χ1v) is 5.58. The molecule has 1 aliphatic heterocycles. The Morgan fingerprint density at radius 3 is 2.87 bits per heavy atom. The third-order valence-corrected chi connectivity index (χ3v) is 3.60. The first kappa shape index (κ1) is 10.6. The maximum absolute atomic E-state index is 12.1. The summed E-state index contributed by atoms with van der Waals surface area (Å²) in [5.41, 5.74) is -0.710. The maximum Gasteiger partial charge on any atom is 0.240 e. The van der Waals surface area contributed by atoms with Crippen LogP contribution in [0.1, 0.15) is 0 Å². The number of hydrogen-bond donors (Lipinski definition) is 1. The second-order valence-corrected chi connectivity index (χ2v) is 4.67. The highest BCUT2D eigenvalue weighted by Crippen LogP contribution is 2.32. The third-order valence-electron chi connectivity index (χ3n) is 2.65. The van der Waals surface area contributed by atoms with Crippen LogP contribution >= 0.6 is 11.3 Å². The Kier molecular flexibility index (Phi) is 2.77. The number of anilines is 1. The summed E-state index contributed by atoms with van der Waals surface area (Å²) in [4.78, 5) is 13.7. The Morgan fingerprint density at radius 1 is 1.73 bits per heavy atom. The summed E-state index contributed by atoms with van der Waals surface area (Å²) < 4.78 is 5.01. The van der Waals surface area contributed by atoms with Crippen molar-refractivity contribution in [1.82, 2.24) is 0 Å². The van der Waals surface area contributed by atoms with Gasteiger partial charge in [-0.25, -0.2) is 0 Å². The predicted octanol–water partition coefficient (Wildman–Crippen LogP) is 0.720. The van der Waals surface area contributed by atoms with Crippen LogP contribution in [0.2, 0.25) is 0 Å². The van der Waals surface area contributed by atoms with Crippen LogP contribution < -0.4 is 4.90 Å². The number of carbonyl (C=O) groups is 1. The van der Waals surface area contributed by atoms with Gasteiger partial charge in [0.1, 0.15) is 5.41 Å². The van der Waals surface area contributed by atoms with Gasteiger partial charge in [0.2, 0.25) is 5.91 Å². The molecule has 1 saturated heterocycles. The summed E-state index contributed by atoms with van der Waals surface area (Å²) in [6.07, 6.45) is 0. The van der Waals surface area contributed by atoms with E-state index >= 15 is 0 Å². The van der Waals surface area contributed by atoms with E-state index in [9.17, 15) is 9.90 Å². The number of aliphatic hydroxyl groups excluding tert-OH is 1. The molecule has 82 valence electrons. The van der Waals surface area contributed by atoms with Gasteiger partial charge in [-0.05, 0) is 17.5 Å². The Labute approximate surface area is 92.1 Å². The first-order chi connectivity index (χ1) is 7.19. The molecule has 0 radical (unpaired) electrons. The highest BCUT2D eigenvalue weighted by molar-refractivity contribution is 7.14. The van der Waals surface area contributed by atoms with E-state index in [0.717, 1.165) is 5.00 Å². The van der Waals surface area contributed by atoms with Crippen LogP contribution in [-0.4, -0.2) is 37.9 Å². The average Bonchev–Trinajstić information content (AvgIpc) is 2.68. The fourth-order valence-electron chi connectivity index (χ4n) is 1.55. The molecule has 1 aromatic rings. The standard InChI is InChI=1S/C10H13NO3S/c1-11(8-3-2-4-15-8)9(13)10(5-12)6-14-7-10/h2-4,12H,5-7H2,1H3. The summed E-state index contributed by atoms with van der Waals surface area (Å²) in [5, 5.41) is 12.0. The number of rotatable bonds is 3. The van der Waals surface area contributed by atoms with Gasteiger partial charge in [-0.2, -0.15) is 0 Å². The van der Waals surface area contributed by atoms with Gasteiger partial charge in [0.25, 0.3) is 0 Å². The van der Waals surface area contributed by atoms with E-state index in [-0.39, 0.29) is 12.5 Å². The van der Waals surface area contributed by atoms with Gasteiger partial charge in [0.15, 0.2) is 0 Å². The van der Waals surface area contributed by atoms with Crippen LogP contribution in [0, 0.1) is 5.41 Å². The Bertz CT molecular complexity index is 340. The first-order valence-electron chi connectivity index (χ1n) is 4.70. The van der Waals surface area contributed by atoms with Crippen molar-refractivity contribution in [1.29, 1.82) is 0 Å². The van der Waals surface area contributed by atoms with E-state index in [2.05, 4.69) is 0 Å². The minimum Gasteiger partial charge on any atom is -0.395 e. The zero-order valence-corrected chi connectivity index (χ0v) is 9.29. The van der Waals surface area contributed by atoms with Crippen molar-refractivity contribution in [2.45, 2.75) is 0 Å². The Hall–Kier alpha value is -0.910. The SMILES string of the molecule is CN(C(=O)C1(CO)COC1)c1cccs1. The third kappa shape index (κ3) is 1.67. The van der Waals surface area contributed by atoms with Crippen LogP contribution in [0.25, 0.3) is 0 Å². The highest BCUT2D eigenvalue weighted by Gasteiger charge is 2.47. The van der Waals surface area contributed by atoms with Gasteiger partial charge in [-0.15, -0.1) is 11.3 Å². The quantitative estimate of drug-likeness (QED) is 0.827. The molecule has 1 aromatic heterocycles. The zero-order valence-electron chi connectivity index (χ0n) is 8.47. The van der Waals surface area contributed by atoms with Crippen molar-refractivity contribution in [2.75, 3.05) is 31.8 Å². The van der Waals surface area contributed by atoms with Crippen molar-refractivity contribution < 1.29 is 14.6 Å². The van der Waals surface area contributed by atoms with Crippen LogP contribution in [0.4, 0.5) is 5.00 Å². The largest absolute Gasteiger partial charge is 0.395 e. The van der Waals surface area contributed by atoms with Crippen molar-refractivity contribution in [3.63, 3.8) is 0 Å². The summed E-state index contributed by atoms with van der Waals surface area (Å²) in [7, 11) is 1.73. The van der Waals surface area contributed by atoms with Crippen molar-refractivity contribution in [3.05, 3.63) is 17.5 Å². The number of nitrogens with zero attached hydrogens (tertiary/aromatic N) is 1. The number of aliphatic hydroxyl groups is 1. The topological polar surface area (TPSA) is 49.8 Å². The van der Waals surface area contributed by atoms with Crippen molar-refractivity contribution in [2.24, 2.45) is 5.41 Å². The zero-order chi connectivity index (χ0) is 10.9. The van der Waals surface area contributed by atoms with Gasteiger partial charge in [-0.1, -0.05) is 0 Å². The summed E-state index contributed by atoms with van der Waals surface area (Å²) in [5.74, 6) is -0.0706. The Balaban J connectivity index is 2.14. The lowest BCUT2D eigenvalue weighted by Gasteiger charge is -2.40. The normalized spacial score (nSPS) is 18.3. The monoisotopic (exact) mass is 227 g/mol. The lowest BCUT2D eigenvalue weighted by Crippen LogP contribution is -2.56. The number of ether oxygens (including phenoxy) is 1. The Morgan fingerprint density at radius 2 is 2.47 bits per heavy atom. The molecule has 5 heteroatoms. The van der Waals surface area contributed by atoms with E-state index in [1.807, 2.05) is 17.5 Å². The number of hydrogen-bond acceptors (Lipinski definition) is 4. The molecule has 0 atom stereocenters. The molecule has 0 aliphatic carbocycles.